The first kappa shape index (κ1) is 9.21. The topological polar surface area (TPSA) is 48.5 Å². The van der Waals surface area contributed by atoms with Crippen LogP contribution < -0.4 is 0 Å². The smallest absolute Gasteiger partial charge is 0.229 e. The highest BCUT2D eigenvalue weighted by molar-refractivity contribution is 6.28. The van der Waals surface area contributed by atoms with Crippen molar-refractivity contribution >= 4 is 11.6 Å². The molecule has 0 aliphatic rings. The zero-order chi connectivity index (χ0) is 10.3. The summed E-state index contributed by atoms with van der Waals surface area (Å²) in [6, 6.07) is 0. The molecule has 0 atom stereocenters. The Morgan fingerprint density at radius 1 is 1.29 bits per heavy atom. The van der Waals surface area contributed by atoms with Gasteiger partial charge in [-0.3, -0.25) is 9.25 Å². The van der Waals surface area contributed by atoms with E-state index in [0.717, 1.165) is 17.2 Å². The van der Waals surface area contributed by atoms with Crippen LogP contribution in [0.15, 0.2) is 6.20 Å². The van der Waals surface area contributed by atoms with Crippen molar-refractivity contribution in [3.63, 3.8) is 0 Å². The molecule has 0 fully saturated rings. The van der Waals surface area contributed by atoms with Crippen molar-refractivity contribution in [1.29, 1.82) is 0 Å². The van der Waals surface area contributed by atoms with Gasteiger partial charge in [-0.05, 0) is 25.4 Å². The molecule has 0 radical (unpaired) electrons. The van der Waals surface area contributed by atoms with Crippen LogP contribution in [-0.2, 0) is 7.05 Å². The van der Waals surface area contributed by atoms with Gasteiger partial charge in [-0.25, -0.2) is 0 Å². The number of rotatable bonds is 1. The van der Waals surface area contributed by atoms with Crippen molar-refractivity contribution in [2.24, 2.45) is 7.05 Å². The van der Waals surface area contributed by atoms with Gasteiger partial charge < -0.3 is 0 Å². The van der Waals surface area contributed by atoms with E-state index in [-0.39, 0.29) is 0 Å². The first-order chi connectivity index (χ1) is 6.59. The summed E-state index contributed by atoms with van der Waals surface area (Å²) < 4.78 is 3.50. The molecule has 0 spiro atoms. The molecule has 0 amide bonds. The molecule has 14 heavy (non-hydrogen) atoms. The van der Waals surface area contributed by atoms with E-state index in [4.69, 9.17) is 11.6 Å². The van der Waals surface area contributed by atoms with Crippen molar-refractivity contribution < 1.29 is 0 Å². The third-order valence-electron chi connectivity index (χ3n) is 2.01. The van der Waals surface area contributed by atoms with E-state index in [0.29, 0.717) is 5.28 Å². The first-order valence-corrected chi connectivity index (χ1v) is 4.55. The minimum Gasteiger partial charge on any atom is -0.273 e. The molecule has 74 valence electrons. The molecule has 0 aromatic carbocycles. The average Bonchev–Trinajstić information content (AvgIpc) is 2.57. The zero-order valence-electron chi connectivity index (χ0n) is 8.19. The van der Waals surface area contributed by atoms with Gasteiger partial charge in [-0.2, -0.15) is 5.10 Å². The van der Waals surface area contributed by atoms with Gasteiger partial charge in [0.05, 0.1) is 11.4 Å². The SMILES string of the molecule is Cc1nn(C)cc1-n1c(C)nnc1Cl. The van der Waals surface area contributed by atoms with Crippen LogP contribution in [0, 0.1) is 13.8 Å². The number of nitrogens with zero attached hydrogens (tertiary/aromatic N) is 5. The van der Waals surface area contributed by atoms with E-state index >= 15 is 0 Å². The molecule has 0 bridgehead atoms. The molecule has 2 aromatic rings. The zero-order valence-corrected chi connectivity index (χ0v) is 8.95. The van der Waals surface area contributed by atoms with Crippen LogP contribution in [0.4, 0.5) is 0 Å². The Kier molecular flexibility index (Phi) is 2.03. The summed E-state index contributed by atoms with van der Waals surface area (Å²) in [5.74, 6) is 0.756. The van der Waals surface area contributed by atoms with Gasteiger partial charge in [0.2, 0.25) is 5.28 Å². The van der Waals surface area contributed by atoms with Gasteiger partial charge in [0.25, 0.3) is 0 Å². The molecule has 6 heteroatoms. The summed E-state index contributed by atoms with van der Waals surface area (Å²) >= 11 is 5.91. The molecular formula is C8H10ClN5. The predicted octanol–water partition coefficient (Wildman–Crippen LogP) is 1.27. The van der Waals surface area contributed by atoms with Gasteiger partial charge in [0.1, 0.15) is 5.82 Å². The van der Waals surface area contributed by atoms with Crippen molar-refractivity contribution in [3.8, 4) is 5.69 Å². The van der Waals surface area contributed by atoms with Gasteiger partial charge in [0, 0.05) is 13.2 Å². The molecule has 0 aliphatic heterocycles. The monoisotopic (exact) mass is 211 g/mol. The highest BCUT2D eigenvalue weighted by Crippen LogP contribution is 2.18. The second-order valence-electron chi connectivity index (χ2n) is 3.13. The standard InChI is InChI=1S/C8H10ClN5/c1-5-7(4-13(3)12-5)14-6(2)10-11-8(14)9/h4H,1-3H3. The highest BCUT2D eigenvalue weighted by Gasteiger charge is 2.12. The molecule has 0 saturated carbocycles. The second kappa shape index (κ2) is 3.09. The van der Waals surface area contributed by atoms with E-state index in [2.05, 4.69) is 15.3 Å². The Hall–Kier alpha value is -1.36. The number of aromatic nitrogens is 5. The van der Waals surface area contributed by atoms with Crippen molar-refractivity contribution in [2.45, 2.75) is 13.8 Å². The van der Waals surface area contributed by atoms with E-state index in [1.165, 1.54) is 0 Å². The Labute approximate surface area is 86.3 Å². The van der Waals surface area contributed by atoms with Crippen molar-refractivity contribution in [1.82, 2.24) is 24.5 Å². The summed E-state index contributed by atoms with van der Waals surface area (Å²) in [5, 5.41) is 12.3. The highest BCUT2D eigenvalue weighted by atomic mass is 35.5. The quantitative estimate of drug-likeness (QED) is 0.714. The number of hydrogen-bond acceptors (Lipinski definition) is 3. The Balaban J connectivity index is 2.65. The molecule has 5 nitrogen and oxygen atoms in total. The van der Waals surface area contributed by atoms with Crippen LogP contribution in [-0.4, -0.2) is 24.5 Å². The largest absolute Gasteiger partial charge is 0.273 e. The fourth-order valence-electron chi connectivity index (χ4n) is 1.42. The minimum absolute atomic E-state index is 0.360. The maximum Gasteiger partial charge on any atom is 0.229 e. The molecule has 2 aromatic heterocycles. The van der Waals surface area contributed by atoms with Crippen LogP contribution in [0.2, 0.25) is 5.28 Å². The Morgan fingerprint density at radius 3 is 2.43 bits per heavy atom. The third-order valence-corrected chi connectivity index (χ3v) is 2.26. The summed E-state index contributed by atoms with van der Waals surface area (Å²) in [6.45, 7) is 3.77. The van der Waals surface area contributed by atoms with Crippen LogP contribution in [0.3, 0.4) is 0 Å². The molecule has 0 N–H and O–H groups in total. The van der Waals surface area contributed by atoms with Gasteiger partial charge >= 0.3 is 0 Å². The van der Waals surface area contributed by atoms with E-state index in [1.807, 2.05) is 27.1 Å². The molecule has 0 saturated heterocycles. The lowest BCUT2D eigenvalue weighted by atomic mass is 10.4. The molecule has 0 aliphatic carbocycles. The number of halogens is 1. The summed E-state index contributed by atoms with van der Waals surface area (Å²) in [5.41, 5.74) is 1.82. The first-order valence-electron chi connectivity index (χ1n) is 4.17. The molecule has 0 unspecified atom stereocenters. The lowest BCUT2D eigenvalue weighted by molar-refractivity contribution is 0.756. The van der Waals surface area contributed by atoms with Gasteiger partial charge in [-0.15, -0.1) is 10.2 Å². The Bertz CT molecular complexity index is 451. The third kappa shape index (κ3) is 1.29. The Morgan fingerprint density at radius 2 is 2.00 bits per heavy atom. The van der Waals surface area contributed by atoms with E-state index in [1.54, 1.807) is 9.25 Å². The average molecular weight is 212 g/mol. The second-order valence-corrected chi connectivity index (χ2v) is 3.46. The van der Waals surface area contributed by atoms with E-state index in [9.17, 15) is 0 Å². The summed E-state index contributed by atoms with van der Waals surface area (Å²) in [4.78, 5) is 0. The van der Waals surface area contributed by atoms with Gasteiger partial charge in [0.15, 0.2) is 0 Å². The maximum atomic E-state index is 5.91. The van der Waals surface area contributed by atoms with Crippen molar-refractivity contribution in [2.75, 3.05) is 0 Å². The number of aryl methyl sites for hydroxylation is 3. The van der Waals surface area contributed by atoms with Crippen LogP contribution in [0.1, 0.15) is 11.5 Å². The fraction of sp³-hybridized carbons (Fsp3) is 0.375. The summed E-state index contributed by atoms with van der Waals surface area (Å²) in [6.07, 6.45) is 1.89. The maximum absolute atomic E-state index is 5.91. The van der Waals surface area contributed by atoms with E-state index < -0.39 is 0 Å². The normalized spacial score (nSPS) is 10.9. The lowest BCUT2D eigenvalue weighted by Crippen LogP contribution is -1.97. The van der Waals surface area contributed by atoms with Gasteiger partial charge in [-0.1, -0.05) is 0 Å². The minimum atomic E-state index is 0.360. The van der Waals surface area contributed by atoms with Crippen LogP contribution in [0.5, 0.6) is 0 Å². The van der Waals surface area contributed by atoms with Crippen LogP contribution in [0.25, 0.3) is 5.69 Å². The van der Waals surface area contributed by atoms with Crippen LogP contribution >= 0.6 is 11.6 Å². The fourth-order valence-corrected chi connectivity index (χ4v) is 1.67. The lowest BCUT2D eigenvalue weighted by Gasteiger charge is -2.01. The molecule has 2 rings (SSSR count). The van der Waals surface area contributed by atoms with Crippen molar-refractivity contribution in [3.05, 3.63) is 23.0 Å². The number of hydrogen-bond donors (Lipinski definition) is 0. The molecule has 2 heterocycles. The molecular weight excluding hydrogens is 202 g/mol. The summed E-state index contributed by atoms with van der Waals surface area (Å²) in [7, 11) is 1.87. The predicted molar refractivity (Wildman–Crippen MR) is 52.6 cm³/mol.